The Balaban J connectivity index is 1.47. The molecule has 4 nitrogen and oxygen atoms in total. The highest BCUT2D eigenvalue weighted by molar-refractivity contribution is 5.98. The van der Waals surface area contributed by atoms with Crippen LogP contribution >= 0.6 is 0 Å². The van der Waals surface area contributed by atoms with Crippen LogP contribution in [0, 0.1) is 5.82 Å². The Kier molecular flexibility index (Phi) is 8.96. The van der Waals surface area contributed by atoms with Gasteiger partial charge in [-0.1, -0.05) is 54.6 Å². The Bertz CT molecular complexity index is 976. The molecule has 0 aliphatic carbocycles. The van der Waals surface area contributed by atoms with Gasteiger partial charge in [-0.15, -0.1) is 0 Å². The molecule has 0 aromatic heterocycles. The second-order valence-electron chi connectivity index (χ2n) is 8.01. The Morgan fingerprint density at radius 3 is 2.34 bits per heavy atom. The molecule has 0 saturated heterocycles. The second-order valence-corrected chi connectivity index (χ2v) is 8.01. The van der Waals surface area contributed by atoms with Crippen molar-refractivity contribution in [2.75, 3.05) is 26.7 Å². The van der Waals surface area contributed by atoms with Crippen LogP contribution in [-0.4, -0.2) is 48.6 Å². The van der Waals surface area contributed by atoms with Gasteiger partial charge >= 0.3 is 0 Å². The minimum atomic E-state index is -0.668. The number of aliphatic hydroxyl groups is 1. The lowest BCUT2D eigenvalue weighted by atomic mass is 10.0. The number of ether oxygens (including phenoxy) is 1. The van der Waals surface area contributed by atoms with Crippen molar-refractivity contribution in [3.8, 4) is 5.75 Å². The number of nitrogens with zero attached hydrogens (tertiary/aromatic N) is 1. The molecular weight excluding hydrogens is 405 g/mol. The predicted octanol–water partition coefficient (Wildman–Crippen LogP) is 4.56. The number of aliphatic hydroxyl groups excluding tert-OH is 1. The Labute approximate surface area is 189 Å². The van der Waals surface area contributed by atoms with E-state index in [1.165, 1.54) is 17.7 Å². The number of carbonyl (C=O) groups excluding carboxylic acids is 1. The molecule has 3 aromatic carbocycles. The Hall–Kier alpha value is -3.02. The van der Waals surface area contributed by atoms with E-state index >= 15 is 0 Å². The summed E-state index contributed by atoms with van der Waals surface area (Å²) in [7, 11) is 1.97. The van der Waals surface area contributed by atoms with Crippen LogP contribution in [0.2, 0.25) is 0 Å². The Morgan fingerprint density at radius 2 is 1.59 bits per heavy atom. The van der Waals surface area contributed by atoms with Crippen molar-refractivity contribution in [3.05, 3.63) is 101 Å². The van der Waals surface area contributed by atoms with Gasteiger partial charge in [-0.3, -0.25) is 4.79 Å². The first-order valence-electron chi connectivity index (χ1n) is 10.9. The van der Waals surface area contributed by atoms with Gasteiger partial charge in [0, 0.05) is 19.5 Å². The van der Waals surface area contributed by atoms with E-state index in [0.717, 1.165) is 18.5 Å². The van der Waals surface area contributed by atoms with Crippen LogP contribution in [0.25, 0.3) is 0 Å². The van der Waals surface area contributed by atoms with Gasteiger partial charge in [0.2, 0.25) is 0 Å². The highest BCUT2D eigenvalue weighted by Gasteiger charge is 2.15. The van der Waals surface area contributed by atoms with Crippen LogP contribution in [0.1, 0.15) is 27.9 Å². The summed E-state index contributed by atoms with van der Waals surface area (Å²) in [5, 5.41) is 10.4. The fourth-order valence-electron chi connectivity index (χ4n) is 3.52. The first kappa shape index (κ1) is 23.6. The van der Waals surface area contributed by atoms with Gasteiger partial charge in [0.25, 0.3) is 0 Å². The number of aryl methyl sites for hydroxylation is 1. The molecule has 0 aliphatic heterocycles. The maximum atomic E-state index is 13.0. The summed E-state index contributed by atoms with van der Waals surface area (Å²) in [6.07, 6.45) is 1.08. The average molecular weight is 436 g/mol. The van der Waals surface area contributed by atoms with Crippen molar-refractivity contribution < 1.29 is 19.0 Å². The van der Waals surface area contributed by atoms with E-state index in [1.807, 2.05) is 31.3 Å². The molecule has 0 fully saturated rings. The zero-order chi connectivity index (χ0) is 22.8. The number of para-hydroxylation sites is 1. The van der Waals surface area contributed by atoms with Crippen molar-refractivity contribution >= 4 is 5.78 Å². The van der Waals surface area contributed by atoms with E-state index in [1.54, 1.807) is 30.3 Å². The van der Waals surface area contributed by atoms with E-state index < -0.39 is 6.10 Å². The molecule has 0 radical (unpaired) electrons. The van der Waals surface area contributed by atoms with Gasteiger partial charge in [-0.05, 0) is 55.3 Å². The van der Waals surface area contributed by atoms with Crippen molar-refractivity contribution in [2.24, 2.45) is 0 Å². The number of hydrogen-bond acceptors (Lipinski definition) is 4. The van der Waals surface area contributed by atoms with E-state index in [2.05, 4.69) is 17.0 Å². The summed E-state index contributed by atoms with van der Waals surface area (Å²) >= 11 is 0. The molecule has 32 heavy (non-hydrogen) atoms. The number of carbonyl (C=O) groups is 1. The number of likely N-dealkylation sites (N-methyl/N-ethyl adjacent to an activating group) is 1. The number of Topliss-reactive ketones (excluding diaryl/α,β-unsaturated/α-hetero) is 1. The quantitative estimate of drug-likeness (QED) is 0.424. The SMILES string of the molecule is CN(CCc1ccccc1)CC(O)COc1ccccc1C(=O)CCc1ccc(F)cc1. The van der Waals surface area contributed by atoms with E-state index in [9.17, 15) is 14.3 Å². The van der Waals surface area contributed by atoms with E-state index in [-0.39, 0.29) is 18.2 Å². The lowest BCUT2D eigenvalue weighted by molar-refractivity contribution is 0.0754. The first-order chi connectivity index (χ1) is 15.5. The maximum absolute atomic E-state index is 13.0. The average Bonchev–Trinajstić information content (AvgIpc) is 2.82. The fraction of sp³-hybridized carbons (Fsp3) is 0.296. The van der Waals surface area contributed by atoms with Gasteiger partial charge in [-0.25, -0.2) is 4.39 Å². The lowest BCUT2D eigenvalue weighted by Gasteiger charge is -2.21. The molecule has 1 N–H and O–H groups in total. The molecule has 168 valence electrons. The van der Waals surface area contributed by atoms with E-state index in [0.29, 0.717) is 30.7 Å². The van der Waals surface area contributed by atoms with Crippen molar-refractivity contribution in [3.63, 3.8) is 0 Å². The molecule has 1 atom stereocenters. The fourth-order valence-corrected chi connectivity index (χ4v) is 3.52. The third-order valence-corrected chi connectivity index (χ3v) is 5.32. The summed E-state index contributed by atoms with van der Waals surface area (Å²) in [6.45, 7) is 1.42. The van der Waals surface area contributed by atoms with Gasteiger partial charge in [-0.2, -0.15) is 0 Å². The van der Waals surface area contributed by atoms with E-state index in [4.69, 9.17) is 4.74 Å². The third-order valence-electron chi connectivity index (χ3n) is 5.32. The standard InChI is InChI=1S/C27H30FNO3/c1-29(18-17-21-7-3-2-4-8-21)19-24(30)20-32-27-10-6-5-9-25(27)26(31)16-13-22-11-14-23(28)15-12-22/h2-12,14-15,24,30H,13,16-20H2,1H3. The molecule has 0 saturated carbocycles. The van der Waals surface area contributed by atoms with Crippen LogP contribution in [0.3, 0.4) is 0 Å². The number of hydrogen-bond donors (Lipinski definition) is 1. The molecule has 0 heterocycles. The minimum absolute atomic E-state index is 0.0422. The number of rotatable bonds is 12. The largest absolute Gasteiger partial charge is 0.490 e. The minimum Gasteiger partial charge on any atom is -0.490 e. The molecular formula is C27H30FNO3. The predicted molar refractivity (Wildman–Crippen MR) is 125 cm³/mol. The van der Waals surface area contributed by atoms with Crippen LogP contribution < -0.4 is 4.74 Å². The van der Waals surface area contributed by atoms with Crippen LogP contribution in [0.4, 0.5) is 4.39 Å². The van der Waals surface area contributed by atoms with Gasteiger partial charge < -0.3 is 14.7 Å². The zero-order valence-electron chi connectivity index (χ0n) is 18.4. The second kappa shape index (κ2) is 12.1. The molecule has 0 bridgehead atoms. The summed E-state index contributed by atoms with van der Waals surface area (Å²) in [5.41, 5.74) is 2.67. The summed E-state index contributed by atoms with van der Waals surface area (Å²) in [4.78, 5) is 14.8. The summed E-state index contributed by atoms with van der Waals surface area (Å²) in [6, 6.07) is 23.5. The van der Waals surface area contributed by atoms with Crippen molar-refractivity contribution in [1.29, 1.82) is 0 Å². The molecule has 1 unspecified atom stereocenters. The lowest BCUT2D eigenvalue weighted by Crippen LogP contribution is -2.34. The summed E-state index contributed by atoms with van der Waals surface area (Å²) in [5.74, 6) is 0.144. The van der Waals surface area contributed by atoms with Crippen LogP contribution in [0.15, 0.2) is 78.9 Å². The van der Waals surface area contributed by atoms with Crippen molar-refractivity contribution in [2.45, 2.75) is 25.4 Å². The number of ketones is 1. The Morgan fingerprint density at radius 1 is 0.938 bits per heavy atom. The van der Waals surface area contributed by atoms with Crippen LogP contribution in [-0.2, 0) is 12.8 Å². The van der Waals surface area contributed by atoms with Crippen LogP contribution in [0.5, 0.6) is 5.75 Å². The topological polar surface area (TPSA) is 49.8 Å². The molecule has 0 amide bonds. The number of benzene rings is 3. The highest BCUT2D eigenvalue weighted by Crippen LogP contribution is 2.21. The smallest absolute Gasteiger partial charge is 0.166 e. The van der Waals surface area contributed by atoms with Gasteiger partial charge in [0.1, 0.15) is 24.3 Å². The summed E-state index contributed by atoms with van der Waals surface area (Å²) < 4.78 is 18.9. The monoisotopic (exact) mass is 435 g/mol. The zero-order valence-corrected chi connectivity index (χ0v) is 18.4. The molecule has 0 aliphatic rings. The van der Waals surface area contributed by atoms with Gasteiger partial charge in [0.15, 0.2) is 5.78 Å². The maximum Gasteiger partial charge on any atom is 0.166 e. The van der Waals surface area contributed by atoms with Crippen molar-refractivity contribution in [1.82, 2.24) is 4.90 Å². The first-order valence-corrected chi connectivity index (χ1v) is 10.9. The molecule has 0 spiro atoms. The molecule has 5 heteroatoms. The molecule has 3 rings (SSSR count). The highest BCUT2D eigenvalue weighted by atomic mass is 19.1. The number of halogens is 1. The third kappa shape index (κ3) is 7.59. The normalized spacial score (nSPS) is 12.0. The molecule has 3 aromatic rings. The van der Waals surface area contributed by atoms with Gasteiger partial charge in [0.05, 0.1) is 5.56 Å².